The highest BCUT2D eigenvalue weighted by atomic mass is 16.5. The number of fused-ring (bicyclic) bond motifs is 1. The molecule has 0 aliphatic carbocycles. The van der Waals surface area contributed by atoms with Gasteiger partial charge in [0.25, 0.3) is 0 Å². The van der Waals surface area contributed by atoms with E-state index >= 15 is 0 Å². The van der Waals surface area contributed by atoms with Crippen molar-refractivity contribution in [2.75, 3.05) is 25.1 Å². The first kappa shape index (κ1) is 19.4. The van der Waals surface area contributed by atoms with Gasteiger partial charge in [-0.25, -0.2) is 0 Å². The van der Waals surface area contributed by atoms with Gasteiger partial charge in [0.05, 0.1) is 12.2 Å². The van der Waals surface area contributed by atoms with Crippen LogP contribution in [0.15, 0.2) is 36.7 Å². The van der Waals surface area contributed by atoms with E-state index in [-0.39, 0.29) is 17.9 Å². The molecule has 1 atom stereocenters. The van der Waals surface area contributed by atoms with Gasteiger partial charge in [-0.15, -0.1) is 0 Å². The minimum atomic E-state index is 0.142. The van der Waals surface area contributed by atoms with Crippen molar-refractivity contribution in [3.05, 3.63) is 42.2 Å². The molecule has 1 saturated heterocycles. The average Bonchev–Trinajstić information content (AvgIpc) is 3.23. The molecule has 152 valence electrons. The lowest BCUT2D eigenvalue weighted by molar-refractivity contribution is -0.132. The van der Waals surface area contributed by atoms with Crippen LogP contribution in [0.3, 0.4) is 0 Å². The van der Waals surface area contributed by atoms with E-state index in [1.807, 2.05) is 43.3 Å². The Kier molecular flexibility index (Phi) is 5.51. The zero-order chi connectivity index (χ0) is 20.4. The molecule has 2 aliphatic rings. The van der Waals surface area contributed by atoms with Crippen LogP contribution in [-0.2, 0) is 16.0 Å². The molecule has 2 aliphatic heterocycles. The summed E-state index contributed by atoms with van der Waals surface area (Å²) >= 11 is 0. The maximum absolute atomic E-state index is 12.1. The lowest BCUT2D eigenvalue weighted by atomic mass is 9.97. The molecule has 2 amide bonds. The standard InChI is InChI=1S/C23H27N3O3/c1-3-22(27)26-10-4-5-19(26)15-29-20-12-18(13-24-14-20)16-6-8-21-17(11-16)7-9-23(28)25(21)2/h6,8,11-14,19H,3-5,7,9-10,15H2,1-2H3/t19-/m0/s1. The topological polar surface area (TPSA) is 62.7 Å². The van der Waals surface area contributed by atoms with Crippen LogP contribution in [0.4, 0.5) is 5.69 Å². The molecule has 0 unspecified atom stereocenters. The van der Waals surface area contributed by atoms with Crippen LogP contribution < -0.4 is 9.64 Å². The second-order valence-electron chi connectivity index (χ2n) is 7.75. The summed E-state index contributed by atoms with van der Waals surface area (Å²) in [5, 5.41) is 0. The smallest absolute Gasteiger partial charge is 0.227 e. The number of carbonyl (C=O) groups excluding carboxylic acids is 2. The molecule has 1 aromatic carbocycles. The second-order valence-corrected chi connectivity index (χ2v) is 7.75. The van der Waals surface area contributed by atoms with Crippen LogP contribution in [0.1, 0.15) is 38.2 Å². The lowest BCUT2D eigenvalue weighted by Gasteiger charge is -2.26. The van der Waals surface area contributed by atoms with Crippen molar-refractivity contribution in [3.8, 4) is 16.9 Å². The molecule has 3 heterocycles. The van der Waals surface area contributed by atoms with E-state index in [0.717, 1.165) is 42.6 Å². The summed E-state index contributed by atoms with van der Waals surface area (Å²) in [7, 11) is 1.83. The van der Waals surface area contributed by atoms with Crippen molar-refractivity contribution >= 4 is 17.5 Å². The monoisotopic (exact) mass is 393 g/mol. The Hall–Kier alpha value is -2.89. The number of hydrogen-bond acceptors (Lipinski definition) is 4. The first-order valence-electron chi connectivity index (χ1n) is 10.3. The van der Waals surface area contributed by atoms with Gasteiger partial charge in [0.2, 0.25) is 11.8 Å². The number of rotatable bonds is 5. The fourth-order valence-corrected chi connectivity index (χ4v) is 4.22. The summed E-state index contributed by atoms with van der Waals surface area (Å²) in [6, 6.07) is 8.29. The number of carbonyl (C=O) groups is 2. The number of pyridine rings is 1. The molecule has 0 spiro atoms. The fourth-order valence-electron chi connectivity index (χ4n) is 4.22. The van der Waals surface area contributed by atoms with E-state index in [1.54, 1.807) is 11.1 Å². The van der Waals surface area contributed by atoms with Gasteiger partial charge < -0.3 is 14.5 Å². The van der Waals surface area contributed by atoms with Gasteiger partial charge in [-0.2, -0.15) is 0 Å². The van der Waals surface area contributed by atoms with Crippen LogP contribution in [-0.4, -0.2) is 47.9 Å². The summed E-state index contributed by atoms with van der Waals surface area (Å²) < 4.78 is 6.01. The van der Waals surface area contributed by atoms with Crippen LogP contribution in [0.5, 0.6) is 5.75 Å². The van der Waals surface area contributed by atoms with Crippen LogP contribution in [0.2, 0.25) is 0 Å². The minimum Gasteiger partial charge on any atom is -0.490 e. The molecule has 0 bridgehead atoms. The summed E-state index contributed by atoms with van der Waals surface area (Å²) in [6.45, 7) is 3.22. The molecule has 2 aromatic rings. The zero-order valence-corrected chi connectivity index (χ0v) is 17.1. The van der Waals surface area contributed by atoms with Gasteiger partial charge in [-0.05, 0) is 48.6 Å². The molecule has 1 fully saturated rings. The Bertz CT molecular complexity index is 927. The molecular weight excluding hydrogens is 366 g/mol. The summed E-state index contributed by atoms with van der Waals surface area (Å²) in [6.07, 6.45) is 7.40. The summed E-state index contributed by atoms with van der Waals surface area (Å²) in [5.41, 5.74) is 4.20. The number of benzene rings is 1. The van der Waals surface area contributed by atoms with E-state index in [4.69, 9.17) is 4.74 Å². The van der Waals surface area contributed by atoms with Crippen LogP contribution in [0.25, 0.3) is 11.1 Å². The van der Waals surface area contributed by atoms with Gasteiger partial charge in [0.1, 0.15) is 12.4 Å². The summed E-state index contributed by atoms with van der Waals surface area (Å²) in [5.74, 6) is 1.06. The number of hydrogen-bond donors (Lipinski definition) is 0. The van der Waals surface area contributed by atoms with E-state index in [9.17, 15) is 9.59 Å². The Labute approximate surface area is 171 Å². The Morgan fingerprint density at radius 2 is 2.07 bits per heavy atom. The van der Waals surface area contributed by atoms with Crippen molar-refractivity contribution in [3.63, 3.8) is 0 Å². The average molecular weight is 393 g/mol. The first-order chi connectivity index (χ1) is 14.1. The molecule has 6 nitrogen and oxygen atoms in total. The molecule has 0 saturated carbocycles. The van der Waals surface area contributed by atoms with Crippen molar-refractivity contribution < 1.29 is 14.3 Å². The molecule has 29 heavy (non-hydrogen) atoms. The Balaban J connectivity index is 1.48. The van der Waals surface area contributed by atoms with Crippen molar-refractivity contribution in [1.29, 1.82) is 0 Å². The van der Waals surface area contributed by atoms with Gasteiger partial charge in [-0.3, -0.25) is 14.6 Å². The third kappa shape index (κ3) is 3.97. The van der Waals surface area contributed by atoms with Gasteiger partial charge in [0, 0.05) is 43.9 Å². The summed E-state index contributed by atoms with van der Waals surface area (Å²) in [4.78, 5) is 32.0. The van der Waals surface area contributed by atoms with Crippen molar-refractivity contribution in [1.82, 2.24) is 9.88 Å². The molecule has 1 aromatic heterocycles. The maximum atomic E-state index is 12.1. The van der Waals surface area contributed by atoms with Gasteiger partial charge in [0.15, 0.2) is 0 Å². The highest BCUT2D eigenvalue weighted by molar-refractivity contribution is 5.96. The van der Waals surface area contributed by atoms with E-state index in [2.05, 4.69) is 11.1 Å². The van der Waals surface area contributed by atoms with Crippen LogP contribution in [0, 0.1) is 0 Å². The second kappa shape index (κ2) is 8.23. The third-order valence-electron chi connectivity index (χ3n) is 5.91. The van der Waals surface area contributed by atoms with E-state index in [1.165, 1.54) is 5.56 Å². The number of ether oxygens (including phenoxy) is 1. The Morgan fingerprint density at radius 3 is 2.90 bits per heavy atom. The highest BCUT2D eigenvalue weighted by Crippen LogP contribution is 2.32. The van der Waals surface area contributed by atoms with E-state index in [0.29, 0.717) is 25.2 Å². The normalized spacial score (nSPS) is 18.7. The number of aryl methyl sites for hydroxylation is 1. The van der Waals surface area contributed by atoms with Gasteiger partial charge in [-0.1, -0.05) is 13.0 Å². The Morgan fingerprint density at radius 1 is 1.21 bits per heavy atom. The molecule has 6 heteroatoms. The highest BCUT2D eigenvalue weighted by Gasteiger charge is 2.28. The molecular formula is C23H27N3O3. The number of nitrogens with zero attached hydrogens (tertiary/aromatic N) is 3. The van der Waals surface area contributed by atoms with Crippen molar-refractivity contribution in [2.45, 2.75) is 45.1 Å². The molecule has 0 N–H and O–H groups in total. The number of amides is 2. The number of anilines is 1. The predicted molar refractivity (Wildman–Crippen MR) is 112 cm³/mol. The molecule has 4 rings (SSSR count). The maximum Gasteiger partial charge on any atom is 0.227 e. The fraction of sp³-hybridized carbons (Fsp3) is 0.435. The predicted octanol–water partition coefficient (Wildman–Crippen LogP) is 3.44. The van der Waals surface area contributed by atoms with E-state index < -0.39 is 0 Å². The number of aromatic nitrogens is 1. The third-order valence-corrected chi connectivity index (χ3v) is 5.91. The minimum absolute atomic E-state index is 0.142. The van der Waals surface area contributed by atoms with Crippen molar-refractivity contribution in [2.24, 2.45) is 0 Å². The zero-order valence-electron chi connectivity index (χ0n) is 17.1. The quantitative estimate of drug-likeness (QED) is 0.781. The van der Waals surface area contributed by atoms with Crippen LogP contribution >= 0.6 is 0 Å². The number of likely N-dealkylation sites (tertiary alicyclic amines) is 1. The SMILES string of the molecule is CCC(=O)N1CCC[C@H]1COc1cncc(-c2ccc3c(c2)CCC(=O)N3C)c1. The lowest BCUT2D eigenvalue weighted by Crippen LogP contribution is -2.38. The largest absolute Gasteiger partial charge is 0.490 e. The van der Waals surface area contributed by atoms with Gasteiger partial charge >= 0.3 is 0 Å². The molecule has 0 radical (unpaired) electrons. The first-order valence-corrected chi connectivity index (χ1v) is 10.3.